The SMILES string of the molecule is C=CS(=O)(=O)NCc1nc(C(C)C)c(C)s1. The smallest absolute Gasteiger partial charge is 0.233 e. The number of sulfonamides is 1. The lowest BCUT2D eigenvalue weighted by Gasteiger charge is -2.00. The van der Waals surface area contributed by atoms with Crippen LogP contribution in [-0.4, -0.2) is 13.4 Å². The third kappa shape index (κ3) is 3.40. The quantitative estimate of drug-likeness (QED) is 0.882. The summed E-state index contributed by atoms with van der Waals surface area (Å²) in [7, 11) is -3.36. The molecule has 0 fully saturated rings. The lowest BCUT2D eigenvalue weighted by molar-refractivity contribution is 0.590. The zero-order chi connectivity index (χ0) is 12.3. The molecule has 0 bridgehead atoms. The Balaban J connectivity index is 2.77. The van der Waals surface area contributed by atoms with Crippen LogP contribution in [0.25, 0.3) is 0 Å². The summed E-state index contributed by atoms with van der Waals surface area (Å²) in [4.78, 5) is 5.55. The van der Waals surface area contributed by atoms with Crippen molar-refractivity contribution in [3.63, 3.8) is 0 Å². The highest BCUT2D eigenvalue weighted by Crippen LogP contribution is 2.23. The largest absolute Gasteiger partial charge is 0.244 e. The summed E-state index contributed by atoms with van der Waals surface area (Å²) >= 11 is 1.52. The highest BCUT2D eigenvalue weighted by atomic mass is 32.2. The summed E-state index contributed by atoms with van der Waals surface area (Å²) in [5.41, 5.74) is 1.04. The van der Waals surface area contributed by atoms with E-state index < -0.39 is 10.0 Å². The number of rotatable bonds is 5. The van der Waals surface area contributed by atoms with E-state index in [4.69, 9.17) is 0 Å². The Morgan fingerprint density at radius 3 is 2.62 bits per heavy atom. The van der Waals surface area contributed by atoms with Gasteiger partial charge in [0.25, 0.3) is 0 Å². The van der Waals surface area contributed by atoms with Crippen LogP contribution in [0, 0.1) is 6.92 Å². The van der Waals surface area contributed by atoms with Gasteiger partial charge in [-0.3, -0.25) is 0 Å². The average Bonchev–Trinajstić information content (AvgIpc) is 2.57. The van der Waals surface area contributed by atoms with Gasteiger partial charge < -0.3 is 0 Å². The van der Waals surface area contributed by atoms with E-state index >= 15 is 0 Å². The lowest BCUT2D eigenvalue weighted by Crippen LogP contribution is -2.20. The third-order valence-electron chi connectivity index (χ3n) is 2.07. The van der Waals surface area contributed by atoms with Crippen LogP contribution in [0.5, 0.6) is 0 Å². The first kappa shape index (κ1) is 13.3. The number of nitrogens with one attached hydrogen (secondary N) is 1. The van der Waals surface area contributed by atoms with Crippen molar-refractivity contribution in [2.24, 2.45) is 0 Å². The van der Waals surface area contributed by atoms with Gasteiger partial charge in [0, 0.05) is 10.3 Å². The van der Waals surface area contributed by atoms with Crippen LogP contribution in [0.1, 0.15) is 35.3 Å². The second-order valence-electron chi connectivity index (χ2n) is 3.74. The van der Waals surface area contributed by atoms with Gasteiger partial charge in [-0.2, -0.15) is 0 Å². The van der Waals surface area contributed by atoms with Gasteiger partial charge in [0.15, 0.2) is 0 Å². The highest BCUT2D eigenvalue weighted by Gasteiger charge is 2.12. The van der Waals surface area contributed by atoms with Crippen molar-refractivity contribution < 1.29 is 8.42 Å². The summed E-state index contributed by atoms with van der Waals surface area (Å²) < 4.78 is 24.7. The molecule has 1 heterocycles. The molecule has 0 spiro atoms. The van der Waals surface area contributed by atoms with Crippen molar-refractivity contribution in [3.05, 3.63) is 27.6 Å². The summed E-state index contributed by atoms with van der Waals surface area (Å²) in [5.74, 6) is 0.362. The van der Waals surface area contributed by atoms with Gasteiger partial charge in [0.1, 0.15) is 5.01 Å². The molecule has 6 heteroatoms. The second kappa shape index (κ2) is 5.07. The zero-order valence-electron chi connectivity index (χ0n) is 9.65. The summed E-state index contributed by atoms with van der Waals surface area (Å²) in [5, 5.41) is 1.68. The Labute approximate surface area is 100 Å². The number of thiazole rings is 1. The van der Waals surface area contributed by atoms with Gasteiger partial charge in [-0.05, 0) is 12.8 Å². The fraction of sp³-hybridized carbons (Fsp3) is 0.500. The first-order valence-corrected chi connectivity index (χ1v) is 7.30. The fourth-order valence-corrected chi connectivity index (χ4v) is 2.87. The minimum atomic E-state index is -3.36. The van der Waals surface area contributed by atoms with Crippen LogP contribution in [-0.2, 0) is 16.6 Å². The molecule has 90 valence electrons. The molecule has 4 nitrogen and oxygen atoms in total. The van der Waals surface area contributed by atoms with Crippen molar-refractivity contribution in [1.29, 1.82) is 0 Å². The van der Waals surface area contributed by atoms with E-state index in [-0.39, 0.29) is 6.54 Å². The molecule has 0 amide bonds. The molecule has 0 unspecified atom stereocenters. The number of hydrogen-bond donors (Lipinski definition) is 1. The number of aryl methyl sites for hydroxylation is 1. The predicted molar refractivity (Wildman–Crippen MR) is 66.9 cm³/mol. The minimum absolute atomic E-state index is 0.229. The molecular weight excluding hydrogens is 244 g/mol. The summed E-state index contributed by atoms with van der Waals surface area (Å²) in [6.45, 7) is 9.59. The van der Waals surface area contributed by atoms with Gasteiger partial charge in [0.05, 0.1) is 12.2 Å². The van der Waals surface area contributed by atoms with E-state index in [1.807, 2.05) is 6.92 Å². The van der Waals surface area contributed by atoms with Gasteiger partial charge >= 0.3 is 0 Å². The molecule has 1 N–H and O–H groups in total. The monoisotopic (exact) mass is 260 g/mol. The van der Waals surface area contributed by atoms with E-state index in [0.29, 0.717) is 5.92 Å². The lowest BCUT2D eigenvalue weighted by atomic mass is 10.1. The van der Waals surface area contributed by atoms with E-state index in [0.717, 1.165) is 21.0 Å². The Morgan fingerprint density at radius 2 is 2.19 bits per heavy atom. The predicted octanol–water partition coefficient (Wildman–Crippen LogP) is 2.14. The van der Waals surface area contributed by atoms with E-state index in [1.165, 1.54) is 11.3 Å². The highest BCUT2D eigenvalue weighted by molar-refractivity contribution is 7.92. The topological polar surface area (TPSA) is 59.1 Å². The van der Waals surface area contributed by atoms with Crippen molar-refractivity contribution in [1.82, 2.24) is 9.71 Å². The van der Waals surface area contributed by atoms with E-state index in [2.05, 4.69) is 30.1 Å². The van der Waals surface area contributed by atoms with Crippen molar-refractivity contribution in [3.8, 4) is 0 Å². The first-order valence-electron chi connectivity index (χ1n) is 4.94. The third-order valence-corrected chi connectivity index (χ3v) is 4.04. The van der Waals surface area contributed by atoms with Crippen LogP contribution in [0.4, 0.5) is 0 Å². The van der Waals surface area contributed by atoms with Gasteiger partial charge in [-0.25, -0.2) is 18.1 Å². The fourth-order valence-electron chi connectivity index (χ4n) is 1.30. The van der Waals surface area contributed by atoms with Crippen LogP contribution < -0.4 is 4.72 Å². The molecule has 1 aromatic heterocycles. The van der Waals surface area contributed by atoms with Gasteiger partial charge in [-0.15, -0.1) is 11.3 Å². The van der Waals surface area contributed by atoms with Crippen LogP contribution in [0.3, 0.4) is 0 Å². The van der Waals surface area contributed by atoms with Crippen LogP contribution >= 0.6 is 11.3 Å². The Kier molecular flexibility index (Phi) is 4.23. The van der Waals surface area contributed by atoms with E-state index in [9.17, 15) is 8.42 Å². The molecule has 0 aliphatic heterocycles. The Morgan fingerprint density at radius 1 is 1.56 bits per heavy atom. The van der Waals surface area contributed by atoms with Crippen molar-refractivity contribution in [2.75, 3.05) is 0 Å². The Hall–Kier alpha value is -0.720. The zero-order valence-corrected chi connectivity index (χ0v) is 11.3. The molecule has 0 aromatic carbocycles. The van der Waals surface area contributed by atoms with Crippen LogP contribution in [0.2, 0.25) is 0 Å². The maximum Gasteiger partial charge on any atom is 0.233 e. The maximum absolute atomic E-state index is 11.1. The molecular formula is C10H16N2O2S2. The molecule has 0 atom stereocenters. The molecule has 0 saturated heterocycles. The number of nitrogens with zero attached hydrogens (tertiary/aromatic N) is 1. The summed E-state index contributed by atoms with van der Waals surface area (Å²) in [6, 6.07) is 0. The minimum Gasteiger partial charge on any atom is -0.244 e. The van der Waals surface area contributed by atoms with E-state index in [1.54, 1.807) is 0 Å². The number of aromatic nitrogens is 1. The molecule has 0 saturated carbocycles. The standard InChI is InChI=1S/C10H16N2O2S2/c1-5-16(13,14)11-6-9-12-10(7(2)3)8(4)15-9/h5,7,11H,1,6H2,2-4H3. The molecule has 0 radical (unpaired) electrons. The maximum atomic E-state index is 11.1. The molecule has 16 heavy (non-hydrogen) atoms. The first-order chi connectivity index (χ1) is 7.35. The summed E-state index contributed by atoms with van der Waals surface area (Å²) in [6.07, 6.45) is 0. The molecule has 1 aromatic rings. The Bertz CT molecular complexity index is 475. The second-order valence-corrected chi connectivity index (χ2v) is 6.74. The average molecular weight is 260 g/mol. The molecule has 1 rings (SSSR count). The number of hydrogen-bond acceptors (Lipinski definition) is 4. The van der Waals surface area contributed by atoms with Crippen molar-refractivity contribution >= 4 is 21.4 Å². The van der Waals surface area contributed by atoms with Crippen molar-refractivity contribution in [2.45, 2.75) is 33.2 Å². The molecule has 0 aliphatic rings. The van der Waals surface area contributed by atoms with Gasteiger partial charge in [0.2, 0.25) is 10.0 Å². The van der Waals surface area contributed by atoms with Gasteiger partial charge in [-0.1, -0.05) is 20.4 Å². The molecule has 0 aliphatic carbocycles. The van der Waals surface area contributed by atoms with Crippen LogP contribution in [0.15, 0.2) is 12.0 Å². The normalized spacial score (nSPS) is 12.0.